The summed E-state index contributed by atoms with van der Waals surface area (Å²) in [6, 6.07) is 8.14. The third-order valence-electron chi connectivity index (χ3n) is 5.52. The van der Waals surface area contributed by atoms with Crippen LogP contribution in [0.2, 0.25) is 0 Å². The standard InChI is InChI=1S/C21H31N3O3/c1-2-27-21(26)17-7-6-12-23(15-17)16-20(25)22-18-8-10-19(11-9-18)24-13-4-3-5-14-24/h8-11,17H,2-7,12-16H2,1H3,(H,22,25)/p+1/t17-/m1/s1. The number of quaternary nitrogens is 1. The van der Waals surface area contributed by atoms with Crippen LogP contribution in [0.4, 0.5) is 11.4 Å². The molecule has 2 fully saturated rings. The lowest BCUT2D eigenvalue weighted by atomic mass is 9.98. The first-order valence-electron chi connectivity index (χ1n) is 10.3. The van der Waals surface area contributed by atoms with Gasteiger partial charge in [-0.25, -0.2) is 0 Å². The van der Waals surface area contributed by atoms with Gasteiger partial charge >= 0.3 is 5.97 Å². The smallest absolute Gasteiger partial charge is 0.314 e. The molecule has 1 amide bonds. The summed E-state index contributed by atoms with van der Waals surface area (Å²) < 4.78 is 5.13. The van der Waals surface area contributed by atoms with Crippen molar-refractivity contribution in [1.82, 2.24) is 0 Å². The SMILES string of the molecule is CCOC(=O)[C@@H]1CCC[NH+](CC(=O)Nc2ccc(N3CCCCC3)cc2)C1. The van der Waals surface area contributed by atoms with Crippen LogP contribution in [0, 0.1) is 5.92 Å². The van der Waals surface area contributed by atoms with Crippen molar-refractivity contribution in [2.24, 2.45) is 5.92 Å². The van der Waals surface area contributed by atoms with Crippen molar-refractivity contribution in [2.75, 3.05) is 49.5 Å². The predicted molar refractivity (Wildman–Crippen MR) is 106 cm³/mol. The molecule has 6 heteroatoms. The molecule has 2 aliphatic heterocycles. The fourth-order valence-corrected chi connectivity index (χ4v) is 4.11. The summed E-state index contributed by atoms with van der Waals surface area (Å²) in [7, 11) is 0. The largest absolute Gasteiger partial charge is 0.466 e. The maximum absolute atomic E-state index is 12.4. The third-order valence-corrected chi connectivity index (χ3v) is 5.52. The average molecular weight is 375 g/mol. The van der Waals surface area contributed by atoms with Crippen LogP contribution in [-0.2, 0) is 14.3 Å². The second-order valence-corrected chi connectivity index (χ2v) is 7.61. The van der Waals surface area contributed by atoms with Crippen LogP contribution in [-0.4, -0.2) is 51.2 Å². The monoisotopic (exact) mass is 374 g/mol. The number of likely N-dealkylation sites (tertiary alicyclic amines) is 1. The summed E-state index contributed by atoms with van der Waals surface area (Å²) >= 11 is 0. The quantitative estimate of drug-likeness (QED) is 0.741. The normalized spacial score (nSPS) is 22.9. The predicted octanol–water partition coefficient (Wildman–Crippen LogP) is 1.47. The molecule has 1 unspecified atom stereocenters. The molecule has 3 rings (SSSR count). The molecule has 0 bridgehead atoms. The van der Waals surface area contributed by atoms with Gasteiger partial charge in [-0.2, -0.15) is 0 Å². The molecule has 27 heavy (non-hydrogen) atoms. The van der Waals surface area contributed by atoms with E-state index in [1.54, 1.807) is 0 Å². The van der Waals surface area contributed by atoms with Gasteiger partial charge in [0, 0.05) is 24.5 Å². The molecule has 0 aromatic heterocycles. The molecule has 2 aliphatic rings. The molecule has 0 radical (unpaired) electrons. The highest BCUT2D eigenvalue weighted by molar-refractivity contribution is 5.91. The van der Waals surface area contributed by atoms with Crippen molar-refractivity contribution in [3.63, 3.8) is 0 Å². The number of rotatable bonds is 6. The van der Waals surface area contributed by atoms with Crippen LogP contribution < -0.4 is 15.1 Å². The summed E-state index contributed by atoms with van der Waals surface area (Å²) in [6.07, 6.45) is 5.65. The molecule has 1 aromatic rings. The highest BCUT2D eigenvalue weighted by atomic mass is 16.5. The number of esters is 1. The summed E-state index contributed by atoms with van der Waals surface area (Å²) in [5.74, 6) is -0.200. The fourth-order valence-electron chi connectivity index (χ4n) is 4.11. The van der Waals surface area contributed by atoms with Crippen LogP contribution in [0.15, 0.2) is 24.3 Å². The Bertz CT molecular complexity index is 626. The fraction of sp³-hybridized carbons (Fsp3) is 0.619. The Morgan fingerprint density at radius 3 is 2.59 bits per heavy atom. The molecular formula is C21H32N3O3+. The van der Waals surface area contributed by atoms with E-state index in [1.165, 1.54) is 24.9 Å². The first-order chi connectivity index (χ1) is 13.2. The molecule has 2 heterocycles. The minimum atomic E-state index is -0.122. The molecular weight excluding hydrogens is 342 g/mol. The molecule has 0 spiro atoms. The van der Waals surface area contributed by atoms with E-state index < -0.39 is 0 Å². The summed E-state index contributed by atoms with van der Waals surface area (Å²) in [4.78, 5) is 27.9. The van der Waals surface area contributed by atoms with Gasteiger partial charge in [0.2, 0.25) is 0 Å². The maximum atomic E-state index is 12.4. The highest BCUT2D eigenvalue weighted by Crippen LogP contribution is 2.21. The molecule has 6 nitrogen and oxygen atoms in total. The van der Waals surface area contributed by atoms with E-state index in [1.807, 2.05) is 19.1 Å². The topological polar surface area (TPSA) is 63.1 Å². The van der Waals surface area contributed by atoms with Gasteiger partial charge in [0.05, 0.1) is 19.7 Å². The van der Waals surface area contributed by atoms with Gasteiger partial charge in [0.1, 0.15) is 5.92 Å². The van der Waals surface area contributed by atoms with Crippen molar-refractivity contribution >= 4 is 23.3 Å². The van der Waals surface area contributed by atoms with Gasteiger partial charge in [0.15, 0.2) is 6.54 Å². The van der Waals surface area contributed by atoms with Gasteiger partial charge in [-0.3, -0.25) is 9.59 Å². The van der Waals surface area contributed by atoms with Crippen molar-refractivity contribution in [3.05, 3.63) is 24.3 Å². The van der Waals surface area contributed by atoms with Crippen molar-refractivity contribution < 1.29 is 19.2 Å². The van der Waals surface area contributed by atoms with Crippen LogP contribution in [0.3, 0.4) is 0 Å². The van der Waals surface area contributed by atoms with E-state index >= 15 is 0 Å². The zero-order chi connectivity index (χ0) is 19.1. The van der Waals surface area contributed by atoms with Crippen LogP contribution in [0.5, 0.6) is 0 Å². The minimum absolute atomic E-state index is 0.000214. The number of nitrogens with one attached hydrogen (secondary N) is 2. The zero-order valence-corrected chi connectivity index (χ0v) is 16.3. The molecule has 148 valence electrons. The lowest BCUT2D eigenvalue weighted by molar-refractivity contribution is -0.899. The van der Waals surface area contributed by atoms with Gasteiger partial charge in [-0.05, 0) is 63.3 Å². The highest BCUT2D eigenvalue weighted by Gasteiger charge is 2.30. The number of carbonyl (C=O) groups is 2. The second kappa shape index (κ2) is 9.74. The van der Waals surface area contributed by atoms with E-state index in [9.17, 15) is 9.59 Å². The van der Waals surface area contributed by atoms with Crippen molar-refractivity contribution in [3.8, 4) is 0 Å². The summed E-state index contributed by atoms with van der Waals surface area (Å²) in [5, 5.41) is 2.99. The van der Waals surface area contributed by atoms with E-state index in [4.69, 9.17) is 4.74 Å². The Labute approximate surface area is 161 Å². The molecule has 2 atom stereocenters. The molecule has 1 aromatic carbocycles. The molecule has 2 N–H and O–H groups in total. The van der Waals surface area contributed by atoms with Crippen molar-refractivity contribution in [2.45, 2.75) is 39.0 Å². The third kappa shape index (κ3) is 5.70. The van der Waals surface area contributed by atoms with E-state index in [-0.39, 0.29) is 17.8 Å². The van der Waals surface area contributed by atoms with E-state index in [0.29, 0.717) is 19.7 Å². The van der Waals surface area contributed by atoms with Gasteiger partial charge in [-0.15, -0.1) is 0 Å². The Balaban J connectivity index is 1.47. The number of ether oxygens (including phenoxy) is 1. The Kier molecular flexibility index (Phi) is 7.10. The second-order valence-electron chi connectivity index (χ2n) is 7.61. The summed E-state index contributed by atoms with van der Waals surface area (Å²) in [6.45, 7) is 6.48. The maximum Gasteiger partial charge on any atom is 0.314 e. The minimum Gasteiger partial charge on any atom is -0.466 e. The van der Waals surface area contributed by atoms with E-state index in [0.717, 1.165) is 43.1 Å². The number of piperidine rings is 2. The number of benzene rings is 1. The molecule has 2 saturated heterocycles. The number of nitrogens with zero attached hydrogens (tertiary/aromatic N) is 1. The van der Waals surface area contributed by atoms with Crippen LogP contribution in [0.1, 0.15) is 39.0 Å². The number of hydrogen-bond donors (Lipinski definition) is 2. The Morgan fingerprint density at radius 1 is 1.15 bits per heavy atom. The van der Waals surface area contributed by atoms with Gasteiger partial charge in [-0.1, -0.05) is 0 Å². The first-order valence-corrected chi connectivity index (χ1v) is 10.3. The first kappa shape index (κ1) is 19.7. The molecule has 0 aliphatic carbocycles. The van der Waals surface area contributed by atoms with E-state index in [2.05, 4.69) is 22.3 Å². The number of amides is 1. The van der Waals surface area contributed by atoms with Gasteiger partial charge < -0.3 is 19.9 Å². The number of hydrogen-bond acceptors (Lipinski definition) is 4. The Morgan fingerprint density at radius 2 is 1.89 bits per heavy atom. The molecule has 0 saturated carbocycles. The zero-order valence-electron chi connectivity index (χ0n) is 16.3. The lowest BCUT2D eigenvalue weighted by Gasteiger charge is -2.29. The summed E-state index contributed by atoms with van der Waals surface area (Å²) in [5.41, 5.74) is 2.06. The average Bonchev–Trinajstić information content (AvgIpc) is 2.69. The van der Waals surface area contributed by atoms with Crippen LogP contribution >= 0.6 is 0 Å². The number of anilines is 2. The number of carbonyl (C=O) groups excluding carboxylic acids is 2. The van der Waals surface area contributed by atoms with Gasteiger partial charge in [0.25, 0.3) is 5.91 Å². The lowest BCUT2D eigenvalue weighted by Crippen LogP contribution is -3.14. The van der Waals surface area contributed by atoms with Crippen LogP contribution in [0.25, 0.3) is 0 Å². The van der Waals surface area contributed by atoms with Crippen molar-refractivity contribution in [1.29, 1.82) is 0 Å². The Hall–Kier alpha value is -2.08.